The van der Waals surface area contributed by atoms with Crippen LogP contribution < -0.4 is 14.4 Å². The van der Waals surface area contributed by atoms with Crippen molar-refractivity contribution in [3.05, 3.63) is 89.7 Å². The van der Waals surface area contributed by atoms with Gasteiger partial charge in [0.1, 0.15) is 10.5 Å². The topological polar surface area (TPSA) is 110 Å². The zero-order valence-electron chi connectivity index (χ0n) is 18.0. The standard InChI is InChI=1S/C23H11Br2Cl3N2O6S/c24-12-7-11(20(17(25)9-12)36-37(34,35)15-4-1-13(26)2-5-15)8-16-21(31)29-23(33)30(22(16)32)14-3-6-18(27)19(28)10-14/h1-10H,(H,29,31,33)/b16-8+. The van der Waals surface area contributed by atoms with Crippen LogP contribution in [0.5, 0.6) is 5.75 Å². The van der Waals surface area contributed by atoms with E-state index in [4.69, 9.17) is 39.0 Å². The van der Waals surface area contributed by atoms with Gasteiger partial charge in [0.15, 0.2) is 5.75 Å². The molecule has 1 saturated heterocycles. The predicted octanol–water partition coefficient (Wildman–Crippen LogP) is 6.61. The Bertz CT molecular complexity index is 1610. The molecule has 8 nitrogen and oxygen atoms in total. The Labute approximate surface area is 242 Å². The van der Waals surface area contributed by atoms with Gasteiger partial charge in [-0.25, -0.2) is 9.69 Å². The van der Waals surface area contributed by atoms with Crippen LogP contribution in [0.1, 0.15) is 5.56 Å². The van der Waals surface area contributed by atoms with Crippen LogP contribution in [-0.2, 0) is 19.7 Å². The van der Waals surface area contributed by atoms with E-state index in [1.165, 1.54) is 54.6 Å². The highest BCUT2D eigenvalue weighted by atomic mass is 79.9. The van der Waals surface area contributed by atoms with Crippen LogP contribution in [0, 0.1) is 0 Å². The fraction of sp³-hybridized carbons (Fsp3) is 0. The number of rotatable bonds is 5. The molecule has 0 atom stereocenters. The highest BCUT2D eigenvalue weighted by Crippen LogP contribution is 2.37. The first kappa shape index (κ1) is 27.6. The number of amides is 4. The Balaban J connectivity index is 1.79. The third-order valence-electron chi connectivity index (χ3n) is 4.90. The normalized spacial score (nSPS) is 15.2. The van der Waals surface area contributed by atoms with Crippen LogP contribution in [0.25, 0.3) is 6.08 Å². The number of nitrogens with zero attached hydrogens (tertiary/aromatic N) is 1. The van der Waals surface area contributed by atoms with Crippen LogP contribution in [-0.4, -0.2) is 26.3 Å². The number of halogens is 5. The Kier molecular flexibility index (Phi) is 8.03. The maximum atomic E-state index is 13.3. The molecular weight excluding hydrogens is 698 g/mol. The smallest absolute Gasteiger partial charge is 0.339 e. The highest BCUT2D eigenvalue weighted by Gasteiger charge is 2.37. The first-order chi connectivity index (χ1) is 17.4. The minimum Gasteiger partial charge on any atom is -0.377 e. The lowest BCUT2D eigenvalue weighted by molar-refractivity contribution is -0.122. The SMILES string of the molecule is O=C1NC(=O)N(c2ccc(Cl)c(Cl)c2)C(=O)/C1=C/c1cc(Br)cc(Br)c1OS(=O)(=O)c1ccc(Cl)cc1. The van der Waals surface area contributed by atoms with Gasteiger partial charge in [-0.3, -0.25) is 14.9 Å². The second kappa shape index (κ2) is 10.8. The van der Waals surface area contributed by atoms with Crippen LogP contribution in [0.2, 0.25) is 15.1 Å². The summed E-state index contributed by atoms with van der Waals surface area (Å²) < 4.78 is 31.9. The number of anilines is 1. The molecule has 14 heteroatoms. The number of hydrogen-bond donors (Lipinski definition) is 1. The molecule has 0 unspecified atom stereocenters. The number of barbiturate groups is 1. The Morgan fingerprint density at radius 3 is 2.22 bits per heavy atom. The molecule has 1 aliphatic heterocycles. The van der Waals surface area contributed by atoms with Gasteiger partial charge in [0.05, 0.1) is 20.2 Å². The van der Waals surface area contributed by atoms with Gasteiger partial charge >= 0.3 is 16.1 Å². The average Bonchev–Trinajstić information content (AvgIpc) is 2.81. The minimum absolute atomic E-state index is 0.0423. The Morgan fingerprint density at radius 1 is 0.892 bits per heavy atom. The van der Waals surface area contributed by atoms with Crippen molar-refractivity contribution < 1.29 is 27.0 Å². The summed E-state index contributed by atoms with van der Waals surface area (Å²) in [5.74, 6) is -2.17. The molecule has 4 rings (SSSR count). The third-order valence-corrected chi connectivity index (χ3v) is 8.17. The lowest BCUT2D eigenvalue weighted by Gasteiger charge is -2.26. The molecule has 1 heterocycles. The van der Waals surface area contributed by atoms with E-state index in [-0.39, 0.29) is 36.4 Å². The van der Waals surface area contributed by atoms with Crippen molar-refractivity contribution in [3.8, 4) is 5.75 Å². The van der Waals surface area contributed by atoms with E-state index < -0.39 is 33.5 Å². The number of carbonyl (C=O) groups excluding carboxylic acids is 3. The van der Waals surface area contributed by atoms with Crippen LogP contribution in [0.15, 0.2) is 74.0 Å². The van der Waals surface area contributed by atoms with Crippen LogP contribution in [0.4, 0.5) is 10.5 Å². The molecule has 1 N–H and O–H groups in total. The van der Waals surface area contributed by atoms with Gasteiger partial charge in [0.2, 0.25) is 0 Å². The lowest BCUT2D eigenvalue weighted by atomic mass is 10.1. The monoisotopic (exact) mass is 706 g/mol. The highest BCUT2D eigenvalue weighted by molar-refractivity contribution is 9.11. The first-order valence-corrected chi connectivity index (χ1v) is 14.1. The third kappa shape index (κ3) is 5.87. The van der Waals surface area contributed by atoms with Gasteiger partial charge in [-0.1, -0.05) is 50.7 Å². The number of nitrogens with one attached hydrogen (secondary N) is 1. The summed E-state index contributed by atoms with van der Waals surface area (Å²) in [4.78, 5) is 38.9. The van der Waals surface area contributed by atoms with Gasteiger partial charge in [0, 0.05) is 15.1 Å². The maximum Gasteiger partial charge on any atom is 0.339 e. The van der Waals surface area contributed by atoms with Gasteiger partial charge in [-0.2, -0.15) is 8.42 Å². The fourth-order valence-corrected chi connectivity index (χ4v) is 6.04. The number of hydrogen-bond acceptors (Lipinski definition) is 6. The van der Waals surface area contributed by atoms with Gasteiger partial charge < -0.3 is 4.18 Å². The molecule has 4 amide bonds. The van der Waals surface area contributed by atoms with Crippen molar-refractivity contribution >= 4 is 106 Å². The summed E-state index contributed by atoms with van der Waals surface area (Å²) in [6, 6.07) is 11.3. The molecular formula is C23H11Br2Cl3N2O6S. The molecule has 0 bridgehead atoms. The molecule has 0 aliphatic carbocycles. The van der Waals surface area contributed by atoms with E-state index in [1.807, 2.05) is 0 Å². The number of carbonyl (C=O) groups is 3. The van der Waals surface area contributed by atoms with E-state index >= 15 is 0 Å². The van der Waals surface area contributed by atoms with E-state index in [2.05, 4.69) is 37.2 Å². The Hall–Kier alpha value is -2.41. The molecule has 37 heavy (non-hydrogen) atoms. The Morgan fingerprint density at radius 2 is 1.57 bits per heavy atom. The summed E-state index contributed by atoms with van der Waals surface area (Å²) in [7, 11) is -4.34. The van der Waals surface area contributed by atoms with Crippen LogP contribution in [0.3, 0.4) is 0 Å². The second-order valence-electron chi connectivity index (χ2n) is 7.35. The second-order valence-corrected chi connectivity index (χ2v) is 11.9. The molecule has 0 radical (unpaired) electrons. The zero-order valence-corrected chi connectivity index (χ0v) is 24.2. The molecule has 0 aromatic heterocycles. The number of benzene rings is 3. The fourth-order valence-electron chi connectivity index (χ4n) is 3.21. The van der Waals surface area contributed by atoms with Crippen molar-refractivity contribution in [2.75, 3.05) is 4.90 Å². The van der Waals surface area contributed by atoms with Crippen molar-refractivity contribution in [2.45, 2.75) is 4.90 Å². The quantitative estimate of drug-likeness (QED) is 0.182. The van der Waals surface area contributed by atoms with Gasteiger partial charge in [-0.05, 0) is 76.6 Å². The van der Waals surface area contributed by atoms with Crippen molar-refractivity contribution in [1.29, 1.82) is 0 Å². The summed E-state index contributed by atoms with van der Waals surface area (Å²) in [5.41, 5.74) is -0.363. The molecule has 3 aromatic rings. The molecule has 190 valence electrons. The van der Waals surface area contributed by atoms with Gasteiger partial charge in [0.25, 0.3) is 11.8 Å². The van der Waals surface area contributed by atoms with E-state index in [9.17, 15) is 22.8 Å². The molecule has 1 aliphatic rings. The minimum atomic E-state index is -4.34. The van der Waals surface area contributed by atoms with Crippen LogP contribution >= 0.6 is 66.7 Å². The van der Waals surface area contributed by atoms with Crippen molar-refractivity contribution in [2.24, 2.45) is 0 Å². The zero-order chi connectivity index (χ0) is 27.1. The van der Waals surface area contributed by atoms with E-state index in [0.717, 1.165) is 6.08 Å². The lowest BCUT2D eigenvalue weighted by Crippen LogP contribution is -2.54. The molecule has 3 aromatic carbocycles. The molecule has 1 fully saturated rings. The average molecular weight is 710 g/mol. The molecule has 0 saturated carbocycles. The van der Waals surface area contributed by atoms with Crippen molar-refractivity contribution in [1.82, 2.24) is 5.32 Å². The first-order valence-electron chi connectivity index (χ1n) is 9.93. The summed E-state index contributed by atoms with van der Waals surface area (Å²) in [6.07, 6.45) is 1.11. The van der Waals surface area contributed by atoms with E-state index in [0.29, 0.717) is 14.4 Å². The molecule has 0 spiro atoms. The summed E-state index contributed by atoms with van der Waals surface area (Å²) >= 11 is 24.3. The van der Waals surface area contributed by atoms with E-state index in [1.54, 1.807) is 0 Å². The maximum absolute atomic E-state index is 13.3. The summed E-state index contributed by atoms with van der Waals surface area (Å²) in [6.45, 7) is 0. The summed E-state index contributed by atoms with van der Waals surface area (Å²) in [5, 5.41) is 2.69. The number of imide groups is 2. The van der Waals surface area contributed by atoms with Crippen molar-refractivity contribution in [3.63, 3.8) is 0 Å². The largest absolute Gasteiger partial charge is 0.377 e. The predicted molar refractivity (Wildman–Crippen MR) is 147 cm³/mol. The van der Waals surface area contributed by atoms with Gasteiger partial charge in [-0.15, -0.1) is 0 Å². The number of urea groups is 1.